The van der Waals surface area contributed by atoms with Crippen molar-refractivity contribution >= 4 is 35.3 Å². The average Bonchev–Trinajstić information content (AvgIpc) is 2.89. The summed E-state index contributed by atoms with van der Waals surface area (Å²) in [5.74, 6) is 0.854. The number of urea groups is 1. The monoisotopic (exact) mass is 356 g/mol. The zero-order chi connectivity index (χ0) is 17.4. The molecule has 0 aromatic heterocycles. The molecule has 25 heavy (non-hydrogen) atoms. The Balaban J connectivity index is 1.63. The maximum absolute atomic E-state index is 12.6. The number of benzene rings is 2. The van der Waals surface area contributed by atoms with Gasteiger partial charge in [-0.25, -0.2) is 9.69 Å². The van der Waals surface area contributed by atoms with Gasteiger partial charge in [-0.1, -0.05) is 17.7 Å². The molecule has 1 N–H and O–H groups in total. The lowest BCUT2D eigenvalue weighted by atomic mass is 10.1. The predicted molar refractivity (Wildman–Crippen MR) is 92.9 cm³/mol. The number of amides is 3. The normalized spacial score (nSPS) is 17.8. The molecule has 2 aromatic carbocycles. The van der Waals surface area contributed by atoms with Crippen LogP contribution in [0.25, 0.3) is 6.08 Å². The van der Waals surface area contributed by atoms with Crippen LogP contribution in [-0.2, 0) is 4.79 Å². The number of nitrogens with zero attached hydrogens (tertiary/aromatic N) is 1. The molecule has 2 heterocycles. The molecule has 2 aliphatic rings. The number of carbonyl (C=O) groups excluding carboxylic acids is 2. The van der Waals surface area contributed by atoms with Crippen LogP contribution in [0.2, 0.25) is 5.02 Å². The van der Waals surface area contributed by atoms with Crippen molar-refractivity contribution in [3.05, 3.63) is 58.7 Å². The Labute approximate surface area is 148 Å². The Morgan fingerprint density at radius 1 is 1.00 bits per heavy atom. The van der Waals surface area contributed by atoms with E-state index in [1.54, 1.807) is 48.5 Å². The number of ether oxygens (including phenoxy) is 2. The van der Waals surface area contributed by atoms with Gasteiger partial charge >= 0.3 is 6.03 Å². The zero-order valence-corrected chi connectivity index (χ0v) is 13.7. The number of carbonyl (C=O) groups is 2. The van der Waals surface area contributed by atoms with Crippen LogP contribution >= 0.6 is 11.6 Å². The molecule has 0 spiro atoms. The lowest BCUT2D eigenvalue weighted by molar-refractivity contribution is -0.113. The summed E-state index contributed by atoms with van der Waals surface area (Å²) in [7, 11) is 0. The summed E-state index contributed by atoms with van der Waals surface area (Å²) in [4.78, 5) is 25.8. The van der Waals surface area contributed by atoms with Crippen molar-refractivity contribution in [2.24, 2.45) is 0 Å². The number of halogens is 1. The van der Waals surface area contributed by atoms with Crippen molar-refractivity contribution < 1.29 is 19.1 Å². The molecular weight excluding hydrogens is 344 g/mol. The van der Waals surface area contributed by atoms with Crippen molar-refractivity contribution in [3.8, 4) is 11.5 Å². The van der Waals surface area contributed by atoms with E-state index < -0.39 is 11.9 Å². The van der Waals surface area contributed by atoms with Crippen LogP contribution in [0.3, 0.4) is 0 Å². The maximum Gasteiger partial charge on any atom is 0.333 e. The van der Waals surface area contributed by atoms with E-state index in [-0.39, 0.29) is 5.70 Å². The molecular formula is C18H13ClN2O4. The molecule has 1 fully saturated rings. The molecule has 1 saturated heterocycles. The van der Waals surface area contributed by atoms with Gasteiger partial charge in [0.15, 0.2) is 11.5 Å². The smallest absolute Gasteiger partial charge is 0.333 e. The summed E-state index contributed by atoms with van der Waals surface area (Å²) in [6.45, 7) is 0.991. The van der Waals surface area contributed by atoms with E-state index >= 15 is 0 Å². The fourth-order valence-electron chi connectivity index (χ4n) is 2.68. The minimum atomic E-state index is -0.504. The van der Waals surface area contributed by atoms with E-state index in [1.165, 1.54) is 0 Å². The molecule has 0 atom stereocenters. The van der Waals surface area contributed by atoms with Crippen molar-refractivity contribution in [1.29, 1.82) is 0 Å². The summed E-state index contributed by atoms with van der Waals surface area (Å²) in [6, 6.07) is 11.3. The third-order valence-electron chi connectivity index (χ3n) is 3.84. The van der Waals surface area contributed by atoms with Gasteiger partial charge in [0.2, 0.25) is 0 Å². The highest BCUT2D eigenvalue weighted by Gasteiger charge is 2.34. The van der Waals surface area contributed by atoms with Crippen LogP contribution in [-0.4, -0.2) is 25.2 Å². The van der Waals surface area contributed by atoms with Gasteiger partial charge in [0.1, 0.15) is 18.9 Å². The number of rotatable bonds is 2. The standard InChI is InChI=1S/C18H13ClN2O4/c19-12-2-4-13(5-3-12)21-17(22)14(20-18(21)23)9-11-1-6-15-16(10-11)25-8-7-24-15/h1-6,9-10H,7-8H2,(H,20,23)/b14-9+. The molecule has 7 heteroatoms. The number of imide groups is 1. The molecule has 0 radical (unpaired) electrons. The highest BCUT2D eigenvalue weighted by Crippen LogP contribution is 2.32. The number of nitrogens with one attached hydrogen (secondary N) is 1. The molecule has 2 aromatic rings. The first-order chi connectivity index (χ1) is 12.1. The third-order valence-corrected chi connectivity index (χ3v) is 4.09. The highest BCUT2D eigenvalue weighted by molar-refractivity contribution is 6.31. The van der Waals surface area contributed by atoms with E-state index in [2.05, 4.69) is 5.32 Å². The average molecular weight is 357 g/mol. The van der Waals surface area contributed by atoms with Crippen LogP contribution < -0.4 is 19.7 Å². The van der Waals surface area contributed by atoms with Crippen LogP contribution in [0.1, 0.15) is 5.56 Å². The first-order valence-electron chi connectivity index (χ1n) is 7.64. The van der Waals surface area contributed by atoms with Crippen LogP contribution in [0.5, 0.6) is 11.5 Å². The zero-order valence-electron chi connectivity index (χ0n) is 13.0. The lowest BCUT2D eigenvalue weighted by Crippen LogP contribution is -2.30. The van der Waals surface area contributed by atoms with E-state index in [0.29, 0.717) is 35.4 Å². The molecule has 0 unspecified atom stereocenters. The van der Waals surface area contributed by atoms with Gasteiger partial charge in [-0.05, 0) is 48.0 Å². The number of fused-ring (bicyclic) bond motifs is 1. The van der Waals surface area contributed by atoms with Crippen molar-refractivity contribution in [1.82, 2.24) is 5.32 Å². The summed E-state index contributed by atoms with van der Waals surface area (Å²) in [5, 5.41) is 3.12. The molecule has 4 rings (SSSR count). The summed E-state index contributed by atoms with van der Waals surface area (Å²) in [5.41, 5.74) is 1.37. The Morgan fingerprint density at radius 3 is 2.48 bits per heavy atom. The van der Waals surface area contributed by atoms with E-state index in [1.807, 2.05) is 0 Å². The number of anilines is 1. The Morgan fingerprint density at radius 2 is 1.72 bits per heavy atom. The number of hydrogen-bond donors (Lipinski definition) is 1. The molecule has 2 aliphatic heterocycles. The van der Waals surface area contributed by atoms with Crippen molar-refractivity contribution in [2.75, 3.05) is 18.1 Å². The predicted octanol–water partition coefficient (Wildman–Crippen LogP) is 3.21. The van der Waals surface area contributed by atoms with Gasteiger partial charge in [-0.2, -0.15) is 0 Å². The first kappa shape index (κ1) is 15.5. The van der Waals surface area contributed by atoms with Gasteiger partial charge < -0.3 is 14.8 Å². The first-order valence-corrected chi connectivity index (χ1v) is 8.02. The largest absolute Gasteiger partial charge is 0.486 e. The van der Waals surface area contributed by atoms with Crippen molar-refractivity contribution in [2.45, 2.75) is 0 Å². The van der Waals surface area contributed by atoms with Gasteiger partial charge in [0.05, 0.1) is 5.69 Å². The van der Waals surface area contributed by atoms with E-state index in [0.717, 1.165) is 10.5 Å². The van der Waals surface area contributed by atoms with Gasteiger partial charge in [0.25, 0.3) is 5.91 Å². The van der Waals surface area contributed by atoms with Crippen LogP contribution in [0.15, 0.2) is 48.2 Å². The molecule has 0 aliphatic carbocycles. The Hall–Kier alpha value is -2.99. The van der Waals surface area contributed by atoms with Crippen LogP contribution in [0.4, 0.5) is 10.5 Å². The summed E-state index contributed by atoms with van der Waals surface area (Å²) >= 11 is 5.85. The third kappa shape index (κ3) is 2.92. The molecule has 0 saturated carbocycles. The number of hydrogen-bond acceptors (Lipinski definition) is 4. The second kappa shape index (κ2) is 6.14. The highest BCUT2D eigenvalue weighted by atomic mass is 35.5. The molecule has 6 nitrogen and oxygen atoms in total. The SMILES string of the molecule is O=C1N/C(=C/c2ccc3c(c2)OCCO3)C(=O)N1c1ccc(Cl)cc1. The summed E-state index contributed by atoms with van der Waals surface area (Å²) < 4.78 is 11.0. The summed E-state index contributed by atoms with van der Waals surface area (Å²) in [6.07, 6.45) is 1.61. The second-order valence-electron chi connectivity index (χ2n) is 5.51. The van der Waals surface area contributed by atoms with E-state index in [4.69, 9.17) is 21.1 Å². The second-order valence-corrected chi connectivity index (χ2v) is 5.94. The Bertz CT molecular complexity index is 892. The van der Waals surface area contributed by atoms with Gasteiger partial charge in [0, 0.05) is 5.02 Å². The molecule has 0 bridgehead atoms. The van der Waals surface area contributed by atoms with Gasteiger partial charge in [-0.3, -0.25) is 4.79 Å². The van der Waals surface area contributed by atoms with Crippen molar-refractivity contribution in [3.63, 3.8) is 0 Å². The minimum absolute atomic E-state index is 0.191. The van der Waals surface area contributed by atoms with E-state index in [9.17, 15) is 9.59 Å². The lowest BCUT2D eigenvalue weighted by Gasteiger charge is -2.18. The minimum Gasteiger partial charge on any atom is -0.486 e. The van der Waals surface area contributed by atoms with Crippen LogP contribution in [0, 0.1) is 0 Å². The Kier molecular flexibility index (Phi) is 3.82. The topological polar surface area (TPSA) is 67.9 Å². The quantitative estimate of drug-likeness (QED) is 0.662. The van der Waals surface area contributed by atoms with Gasteiger partial charge in [-0.15, -0.1) is 0 Å². The fraction of sp³-hybridized carbons (Fsp3) is 0.111. The molecule has 3 amide bonds. The fourth-order valence-corrected chi connectivity index (χ4v) is 2.80. The maximum atomic E-state index is 12.6. The molecule has 126 valence electrons.